The summed E-state index contributed by atoms with van der Waals surface area (Å²) in [7, 11) is 1.74. The summed E-state index contributed by atoms with van der Waals surface area (Å²) in [4.78, 5) is 35.1. The van der Waals surface area contributed by atoms with Crippen molar-refractivity contribution in [3.05, 3.63) is 35.0 Å². The first-order chi connectivity index (χ1) is 11.2. The highest BCUT2D eigenvalue weighted by Gasteiger charge is 2.22. The number of halogens is 1. The third-order valence-corrected chi connectivity index (χ3v) is 3.94. The number of nitrogens with one attached hydrogen (secondary N) is 2. The average Bonchev–Trinajstić information content (AvgIpc) is 2.83. The standard InChI is InChI=1S/C16H18ClN3O4/c1-8(14(21)19-9(2)16(23)24)18-15(22)13-7-10-6-11(17)4-5-12(10)20(13)3/h4-9H,1-3H3,(H,18,22)(H,19,21)(H,23,24). The summed E-state index contributed by atoms with van der Waals surface area (Å²) in [6, 6.07) is 5.06. The number of aliphatic carboxylic acids is 1. The van der Waals surface area contributed by atoms with Gasteiger partial charge in [-0.3, -0.25) is 14.4 Å². The van der Waals surface area contributed by atoms with Gasteiger partial charge in [0.25, 0.3) is 5.91 Å². The van der Waals surface area contributed by atoms with Crippen LogP contribution in [0.15, 0.2) is 24.3 Å². The third-order valence-electron chi connectivity index (χ3n) is 3.71. The first kappa shape index (κ1) is 17.8. The van der Waals surface area contributed by atoms with Gasteiger partial charge in [-0.05, 0) is 38.1 Å². The van der Waals surface area contributed by atoms with Crippen molar-refractivity contribution in [1.82, 2.24) is 15.2 Å². The molecule has 2 unspecified atom stereocenters. The molecule has 0 aliphatic heterocycles. The lowest BCUT2D eigenvalue weighted by Crippen LogP contribution is -2.49. The average molecular weight is 352 g/mol. The van der Waals surface area contributed by atoms with Crippen LogP contribution in [0.5, 0.6) is 0 Å². The number of carbonyl (C=O) groups excluding carboxylic acids is 2. The molecule has 7 nitrogen and oxygen atoms in total. The van der Waals surface area contributed by atoms with E-state index in [0.29, 0.717) is 10.7 Å². The van der Waals surface area contributed by atoms with Crippen LogP contribution in [-0.4, -0.2) is 39.5 Å². The number of hydrogen-bond acceptors (Lipinski definition) is 3. The molecule has 0 aliphatic rings. The van der Waals surface area contributed by atoms with Gasteiger partial charge in [0, 0.05) is 23.0 Å². The highest BCUT2D eigenvalue weighted by atomic mass is 35.5. The van der Waals surface area contributed by atoms with Crippen LogP contribution in [-0.2, 0) is 16.6 Å². The number of carbonyl (C=O) groups is 3. The Balaban J connectivity index is 2.13. The molecular weight excluding hydrogens is 334 g/mol. The van der Waals surface area contributed by atoms with Gasteiger partial charge in [-0.1, -0.05) is 11.6 Å². The predicted octanol–water partition coefficient (Wildman–Crippen LogP) is 1.54. The van der Waals surface area contributed by atoms with Crippen LogP contribution < -0.4 is 10.6 Å². The minimum atomic E-state index is -1.15. The first-order valence-electron chi connectivity index (χ1n) is 7.29. The molecule has 2 atom stereocenters. The maximum absolute atomic E-state index is 12.4. The highest BCUT2D eigenvalue weighted by Crippen LogP contribution is 2.22. The number of carboxylic acids is 1. The molecule has 2 rings (SSSR count). The van der Waals surface area contributed by atoms with E-state index in [1.165, 1.54) is 13.8 Å². The van der Waals surface area contributed by atoms with Gasteiger partial charge in [0.1, 0.15) is 17.8 Å². The maximum atomic E-state index is 12.4. The van der Waals surface area contributed by atoms with Crippen molar-refractivity contribution in [3.8, 4) is 0 Å². The van der Waals surface area contributed by atoms with E-state index in [0.717, 1.165) is 10.9 Å². The fourth-order valence-corrected chi connectivity index (χ4v) is 2.45. The second-order valence-corrected chi connectivity index (χ2v) is 5.99. The zero-order valence-corrected chi connectivity index (χ0v) is 14.2. The van der Waals surface area contributed by atoms with Gasteiger partial charge in [0.2, 0.25) is 5.91 Å². The van der Waals surface area contributed by atoms with E-state index < -0.39 is 29.9 Å². The second-order valence-electron chi connectivity index (χ2n) is 5.56. The Kier molecular flexibility index (Phi) is 5.14. The smallest absolute Gasteiger partial charge is 0.325 e. The largest absolute Gasteiger partial charge is 0.480 e. The van der Waals surface area contributed by atoms with Crippen molar-refractivity contribution < 1.29 is 19.5 Å². The minimum absolute atomic E-state index is 0.373. The Hall–Kier alpha value is -2.54. The maximum Gasteiger partial charge on any atom is 0.325 e. The van der Waals surface area contributed by atoms with Crippen LogP contribution in [0.3, 0.4) is 0 Å². The van der Waals surface area contributed by atoms with Crippen LogP contribution in [0.1, 0.15) is 24.3 Å². The van der Waals surface area contributed by atoms with Gasteiger partial charge in [-0.2, -0.15) is 0 Å². The van der Waals surface area contributed by atoms with Crippen LogP contribution >= 0.6 is 11.6 Å². The van der Waals surface area contributed by atoms with E-state index in [4.69, 9.17) is 16.7 Å². The number of fused-ring (bicyclic) bond motifs is 1. The van der Waals surface area contributed by atoms with Crippen molar-refractivity contribution in [2.75, 3.05) is 0 Å². The lowest BCUT2D eigenvalue weighted by molar-refractivity contribution is -0.141. The number of aryl methyl sites for hydroxylation is 1. The number of benzene rings is 1. The van der Waals surface area contributed by atoms with Gasteiger partial charge >= 0.3 is 5.97 Å². The van der Waals surface area contributed by atoms with E-state index in [1.54, 1.807) is 35.9 Å². The Labute approximate surface area is 143 Å². The minimum Gasteiger partial charge on any atom is -0.480 e. The normalized spacial score (nSPS) is 13.3. The predicted molar refractivity (Wildman–Crippen MR) is 90.1 cm³/mol. The molecule has 2 amide bonds. The molecule has 1 aromatic heterocycles. The molecule has 0 saturated heterocycles. The number of nitrogens with zero attached hydrogens (tertiary/aromatic N) is 1. The summed E-state index contributed by atoms with van der Waals surface area (Å²) in [6.45, 7) is 2.84. The van der Waals surface area contributed by atoms with E-state index in [9.17, 15) is 14.4 Å². The Morgan fingerprint density at radius 2 is 1.79 bits per heavy atom. The van der Waals surface area contributed by atoms with Crippen molar-refractivity contribution in [3.63, 3.8) is 0 Å². The molecule has 0 fully saturated rings. The second kappa shape index (κ2) is 6.92. The Bertz CT molecular complexity index is 815. The van der Waals surface area contributed by atoms with Gasteiger partial charge < -0.3 is 20.3 Å². The monoisotopic (exact) mass is 351 g/mol. The summed E-state index contributed by atoms with van der Waals surface area (Å²) in [5.41, 5.74) is 1.21. The molecule has 1 heterocycles. The van der Waals surface area contributed by atoms with Crippen molar-refractivity contribution >= 4 is 40.3 Å². The quantitative estimate of drug-likeness (QED) is 0.760. The molecule has 3 N–H and O–H groups in total. The summed E-state index contributed by atoms with van der Waals surface area (Å²) in [5.74, 6) is -2.15. The Morgan fingerprint density at radius 3 is 2.42 bits per heavy atom. The molecule has 0 bridgehead atoms. The van der Waals surface area contributed by atoms with Crippen LogP contribution in [0.4, 0.5) is 0 Å². The number of amides is 2. The van der Waals surface area contributed by atoms with Crippen LogP contribution in [0, 0.1) is 0 Å². The van der Waals surface area contributed by atoms with E-state index in [1.807, 2.05) is 0 Å². The third kappa shape index (κ3) is 3.68. The van der Waals surface area contributed by atoms with Gasteiger partial charge in [-0.15, -0.1) is 0 Å². The molecule has 2 aromatic rings. The fraction of sp³-hybridized carbons (Fsp3) is 0.312. The van der Waals surface area contributed by atoms with Gasteiger partial charge in [-0.25, -0.2) is 0 Å². The van der Waals surface area contributed by atoms with E-state index in [-0.39, 0.29) is 0 Å². The number of rotatable bonds is 5. The van der Waals surface area contributed by atoms with Crippen molar-refractivity contribution in [2.45, 2.75) is 25.9 Å². The summed E-state index contributed by atoms with van der Waals surface area (Å²) >= 11 is 5.95. The zero-order valence-electron chi connectivity index (χ0n) is 13.5. The lowest BCUT2D eigenvalue weighted by atomic mass is 10.2. The van der Waals surface area contributed by atoms with E-state index >= 15 is 0 Å². The lowest BCUT2D eigenvalue weighted by Gasteiger charge is -2.16. The summed E-state index contributed by atoms with van der Waals surface area (Å²) in [5, 5.41) is 15.0. The molecule has 8 heteroatoms. The molecule has 0 saturated carbocycles. The highest BCUT2D eigenvalue weighted by molar-refractivity contribution is 6.31. The topological polar surface area (TPSA) is 100 Å². The zero-order chi connectivity index (χ0) is 18.0. The Morgan fingerprint density at radius 1 is 1.12 bits per heavy atom. The van der Waals surface area contributed by atoms with Gasteiger partial charge in [0.05, 0.1) is 0 Å². The van der Waals surface area contributed by atoms with E-state index in [2.05, 4.69) is 10.6 Å². The summed E-state index contributed by atoms with van der Waals surface area (Å²) < 4.78 is 1.70. The molecule has 128 valence electrons. The number of hydrogen-bond donors (Lipinski definition) is 3. The van der Waals surface area contributed by atoms with Crippen LogP contribution in [0.25, 0.3) is 10.9 Å². The van der Waals surface area contributed by atoms with Gasteiger partial charge in [0.15, 0.2) is 0 Å². The molecule has 0 spiro atoms. The number of aromatic nitrogens is 1. The van der Waals surface area contributed by atoms with Crippen molar-refractivity contribution in [2.24, 2.45) is 7.05 Å². The SMILES string of the molecule is CC(NC(=O)C(C)NC(=O)c1cc2cc(Cl)ccc2n1C)C(=O)O. The van der Waals surface area contributed by atoms with Crippen LogP contribution in [0.2, 0.25) is 5.02 Å². The summed E-state index contributed by atoms with van der Waals surface area (Å²) in [6.07, 6.45) is 0. The molecule has 0 radical (unpaired) electrons. The van der Waals surface area contributed by atoms with Crippen molar-refractivity contribution in [1.29, 1.82) is 0 Å². The fourth-order valence-electron chi connectivity index (χ4n) is 2.27. The molecule has 1 aromatic carbocycles. The number of carboxylic acid groups (broad SMARTS) is 1. The molecule has 0 aliphatic carbocycles. The molecular formula is C16H18ClN3O4. The molecule has 24 heavy (non-hydrogen) atoms. The first-order valence-corrected chi connectivity index (χ1v) is 7.67.